The summed E-state index contributed by atoms with van der Waals surface area (Å²) in [4.78, 5) is 6.61. The molecule has 0 aromatic carbocycles. The van der Waals surface area contributed by atoms with Crippen LogP contribution in [0.3, 0.4) is 0 Å². The summed E-state index contributed by atoms with van der Waals surface area (Å²) in [6.45, 7) is 4.97. The van der Waals surface area contributed by atoms with Crippen molar-refractivity contribution in [3.8, 4) is 11.5 Å². The highest BCUT2D eigenvalue weighted by Gasteiger charge is 2.19. The molecule has 0 saturated carbocycles. The molecule has 3 rings (SSSR count). The maximum Gasteiger partial charge on any atom is 0.245 e. The molecule has 1 fully saturated rings. The molecule has 3 heterocycles. The zero-order chi connectivity index (χ0) is 11.7. The first-order valence-electron chi connectivity index (χ1n) is 5.51. The third-order valence-electron chi connectivity index (χ3n) is 2.73. The molecule has 8 heteroatoms. The topological polar surface area (TPSA) is 82.6 Å². The van der Waals surface area contributed by atoms with Crippen LogP contribution in [-0.4, -0.2) is 50.4 Å². The zero-order valence-electron chi connectivity index (χ0n) is 9.42. The molecule has 0 radical (unpaired) electrons. The Balaban J connectivity index is 1.80. The summed E-state index contributed by atoms with van der Waals surface area (Å²) in [5, 5.41) is 16.3. The van der Waals surface area contributed by atoms with E-state index < -0.39 is 0 Å². The van der Waals surface area contributed by atoms with Crippen molar-refractivity contribution < 1.29 is 0 Å². The van der Waals surface area contributed by atoms with Crippen LogP contribution in [0.2, 0.25) is 0 Å². The SMILES string of the molecule is C[C@@H]1CN(c2n[nH]c(-c3csnn3)n2)CCN1. The summed E-state index contributed by atoms with van der Waals surface area (Å²) in [6.07, 6.45) is 0. The van der Waals surface area contributed by atoms with E-state index in [9.17, 15) is 0 Å². The number of hydrogen-bond acceptors (Lipinski definition) is 7. The highest BCUT2D eigenvalue weighted by molar-refractivity contribution is 7.03. The third kappa shape index (κ3) is 2.13. The number of aromatic amines is 1. The number of rotatable bonds is 2. The Kier molecular flexibility index (Phi) is 2.73. The fourth-order valence-electron chi connectivity index (χ4n) is 1.89. The van der Waals surface area contributed by atoms with Gasteiger partial charge in [-0.15, -0.1) is 10.2 Å². The van der Waals surface area contributed by atoms with Crippen molar-refractivity contribution >= 4 is 17.5 Å². The minimum Gasteiger partial charge on any atom is -0.337 e. The Morgan fingerprint density at radius 2 is 2.47 bits per heavy atom. The van der Waals surface area contributed by atoms with Crippen LogP contribution in [0, 0.1) is 0 Å². The monoisotopic (exact) mass is 251 g/mol. The maximum atomic E-state index is 4.45. The number of hydrogen-bond donors (Lipinski definition) is 2. The van der Waals surface area contributed by atoms with Crippen LogP contribution in [0.5, 0.6) is 0 Å². The minimum atomic E-state index is 0.464. The molecule has 2 aromatic heterocycles. The van der Waals surface area contributed by atoms with Gasteiger partial charge in [-0.05, 0) is 18.5 Å². The van der Waals surface area contributed by atoms with Gasteiger partial charge in [0.1, 0.15) is 5.69 Å². The second kappa shape index (κ2) is 4.38. The van der Waals surface area contributed by atoms with Gasteiger partial charge < -0.3 is 10.2 Å². The van der Waals surface area contributed by atoms with E-state index in [0.29, 0.717) is 11.9 Å². The molecule has 1 aliphatic rings. The largest absolute Gasteiger partial charge is 0.337 e. The predicted octanol–water partition coefficient (Wildman–Crippen LogP) is 0.121. The molecule has 0 amide bonds. The van der Waals surface area contributed by atoms with Crippen LogP contribution in [0.1, 0.15) is 6.92 Å². The Bertz CT molecular complexity index is 479. The van der Waals surface area contributed by atoms with Gasteiger partial charge in [0.25, 0.3) is 0 Å². The second-order valence-electron chi connectivity index (χ2n) is 4.08. The van der Waals surface area contributed by atoms with Gasteiger partial charge in [-0.3, -0.25) is 5.10 Å². The van der Waals surface area contributed by atoms with Crippen molar-refractivity contribution in [1.29, 1.82) is 0 Å². The number of nitrogens with one attached hydrogen (secondary N) is 2. The van der Waals surface area contributed by atoms with E-state index in [2.05, 4.69) is 41.9 Å². The van der Waals surface area contributed by atoms with Gasteiger partial charge in [0, 0.05) is 31.1 Å². The summed E-state index contributed by atoms with van der Waals surface area (Å²) < 4.78 is 3.81. The lowest BCUT2D eigenvalue weighted by Crippen LogP contribution is -2.49. The molecule has 0 spiro atoms. The van der Waals surface area contributed by atoms with E-state index >= 15 is 0 Å². The van der Waals surface area contributed by atoms with Crippen LogP contribution < -0.4 is 10.2 Å². The van der Waals surface area contributed by atoms with E-state index in [4.69, 9.17) is 0 Å². The average Bonchev–Trinajstić information content (AvgIpc) is 3.00. The fraction of sp³-hybridized carbons (Fsp3) is 0.556. The summed E-state index contributed by atoms with van der Waals surface area (Å²) in [6, 6.07) is 0.464. The van der Waals surface area contributed by atoms with Crippen LogP contribution in [0.4, 0.5) is 5.95 Å². The quantitative estimate of drug-likeness (QED) is 0.789. The molecule has 2 N–H and O–H groups in total. The number of piperazine rings is 1. The third-order valence-corrected chi connectivity index (χ3v) is 3.23. The summed E-state index contributed by atoms with van der Waals surface area (Å²) in [5.41, 5.74) is 0.747. The average molecular weight is 251 g/mol. The number of H-pyrrole nitrogens is 1. The Morgan fingerprint density at radius 1 is 1.53 bits per heavy atom. The first-order valence-corrected chi connectivity index (χ1v) is 6.35. The van der Waals surface area contributed by atoms with E-state index in [-0.39, 0.29) is 0 Å². The number of aromatic nitrogens is 5. The van der Waals surface area contributed by atoms with Gasteiger partial charge in [-0.25, -0.2) is 0 Å². The Hall–Kier alpha value is -1.54. The fourth-order valence-corrected chi connectivity index (χ4v) is 2.33. The molecule has 2 aromatic rings. The summed E-state index contributed by atoms with van der Waals surface area (Å²) >= 11 is 1.31. The highest BCUT2D eigenvalue weighted by atomic mass is 32.1. The van der Waals surface area contributed by atoms with Gasteiger partial charge in [0.15, 0.2) is 5.82 Å². The molecule has 0 unspecified atom stereocenters. The second-order valence-corrected chi connectivity index (χ2v) is 4.69. The van der Waals surface area contributed by atoms with Gasteiger partial charge in [0.05, 0.1) is 0 Å². The lowest BCUT2D eigenvalue weighted by atomic mass is 10.2. The van der Waals surface area contributed by atoms with Crippen molar-refractivity contribution in [1.82, 2.24) is 30.1 Å². The van der Waals surface area contributed by atoms with Gasteiger partial charge >= 0.3 is 0 Å². The number of anilines is 1. The molecule has 90 valence electrons. The molecule has 1 atom stereocenters. The van der Waals surface area contributed by atoms with Crippen LogP contribution in [0.15, 0.2) is 5.38 Å². The normalized spacial score (nSPS) is 20.8. The van der Waals surface area contributed by atoms with E-state index in [0.717, 1.165) is 31.3 Å². The lowest BCUT2D eigenvalue weighted by molar-refractivity contribution is 0.480. The smallest absolute Gasteiger partial charge is 0.245 e. The highest BCUT2D eigenvalue weighted by Crippen LogP contribution is 2.16. The van der Waals surface area contributed by atoms with E-state index in [1.54, 1.807) is 0 Å². The summed E-state index contributed by atoms with van der Waals surface area (Å²) in [7, 11) is 0. The molecule has 1 aliphatic heterocycles. The van der Waals surface area contributed by atoms with Gasteiger partial charge in [-0.2, -0.15) is 4.98 Å². The van der Waals surface area contributed by atoms with Crippen LogP contribution in [0.25, 0.3) is 11.5 Å². The number of nitrogens with zero attached hydrogens (tertiary/aromatic N) is 5. The van der Waals surface area contributed by atoms with E-state index in [1.807, 2.05) is 5.38 Å². The Morgan fingerprint density at radius 3 is 3.24 bits per heavy atom. The molecule has 17 heavy (non-hydrogen) atoms. The molecule has 7 nitrogen and oxygen atoms in total. The summed E-state index contributed by atoms with van der Waals surface area (Å²) in [5.74, 6) is 1.42. The van der Waals surface area contributed by atoms with Crippen molar-refractivity contribution in [3.05, 3.63) is 5.38 Å². The lowest BCUT2D eigenvalue weighted by Gasteiger charge is -2.30. The predicted molar refractivity (Wildman–Crippen MR) is 65.0 cm³/mol. The van der Waals surface area contributed by atoms with Crippen molar-refractivity contribution in [2.45, 2.75) is 13.0 Å². The standard InChI is InChI=1S/C9H13N7S/c1-6-4-16(3-2-10-6)9-11-8(13-14-9)7-5-17-15-12-7/h5-6,10H,2-4H2,1H3,(H,11,13,14)/t6-/m1/s1. The van der Waals surface area contributed by atoms with Crippen molar-refractivity contribution in [2.75, 3.05) is 24.5 Å². The van der Waals surface area contributed by atoms with Gasteiger partial charge in [0.2, 0.25) is 5.95 Å². The molecule has 1 saturated heterocycles. The first kappa shape index (κ1) is 10.6. The molecular formula is C9H13N7S. The minimum absolute atomic E-state index is 0.464. The first-order chi connectivity index (χ1) is 8.33. The zero-order valence-corrected chi connectivity index (χ0v) is 10.2. The van der Waals surface area contributed by atoms with Crippen LogP contribution >= 0.6 is 11.5 Å². The molecular weight excluding hydrogens is 238 g/mol. The van der Waals surface area contributed by atoms with Crippen LogP contribution in [-0.2, 0) is 0 Å². The van der Waals surface area contributed by atoms with Crippen molar-refractivity contribution in [3.63, 3.8) is 0 Å². The Labute approximate surface area is 102 Å². The molecule has 0 aliphatic carbocycles. The van der Waals surface area contributed by atoms with E-state index in [1.165, 1.54) is 11.5 Å². The van der Waals surface area contributed by atoms with Crippen molar-refractivity contribution in [2.24, 2.45) is 0 Å². The van der Waals surface area contributed by atoms with Gasteiger partial charge in [-0.1, -0.05) is 4.49 Å². The maximum absolute atomic E-state index is 4.45. The molecule has 0 bridgehead atoms.